The zero-order valence-electron chi connectivity index (χ0n) is 9.82. The summed E-state index contributed by atoms with van der Waals surface area (Å²) in [6, 6.07) is 17.2. The molecule has 1 N–H and O–H groups in total. The van der Waals surface area contributed by atoms with Gasteiger partial charge in [0.2, 0.25) is 0 Å². The first-order valence-corrected chi connectivity index (χ1v) is 5.96. The second kappa shape index (κ2) is 4.70. The largest absolute Gasteiger partial charge is 0.487 e. The summed E-state index contributed by atoms with van der Waals surface area (Å²) in [5.74, 6) is 1.35. The van der Waals surface area contributed by atoms with Crippen molar-refractivity contribution in [2.45, 2.75) is 12.2 Å². The highest BCUT2D eigenvalue weighted by Crippen LogP contribution is 2.35. The molecule has 2 aromatic carbocycles. The molecule has 1 heterocycles. The van der Waals surface area contributed by atoms with Crippen molar-refractivity contribution in [3.8, 4) is 11.5 Å². The van der Waals surface area contributed by atoms with Gasteiger partial charge in [-0.3, -0.25) is 0 Å². The average molecular weight is 242 g/mol. The van der Waals surface area contributed by atoms with Crippen molar-refractivity contribution in [1.82, 2.24) is 0 Å². The molecule has 0 saturated carbocycles. The second-order valence-electron chi connectivity index (χ2n) is 4.27. The summed E-state index contributed by atoms with van der Waals surface area (Å²) in [7, 11) is 0. The summed E-state index contributed by atoms with van der Waals surface area (Å²) in [4.78, 5) is 0. The maximum absolute atomic E-state index is 10.1. The molecule has 0 spiro atoms. The minimum Gasteiger partial charge on any atom is -0.487 e. The number of hydrogen-bond donors (Lipinski definition) is 1. The molecule has 2 atom stereocenters. The van der Waals surface area contributed by atoms with Crippen molar-refractivity contribution in [3.05, 3.63) is 60.2 Å². The lowest BCUT2D eigenvalue weighted by Gasteiger charge is -2.20. The quantitative estimate of drug-likeness (QED) is 0.835. The molecular formula is C15H14O3. The van der Waals surface area contributed by atoms with E-state index in [-0.39, 0.29) is 6.61 Å². The molecule has 2 aromatic rings. The van der Waals surface area contributed by atoms with E-state index in [2.05, 4.69) is 0 Å². The van der Waals surface area contributed by atoms with E-state index in [0.717, 1.165) is 5.56 Å². The first kappa shape index (κ1) is 11.1. The Morgan fingerprint density at radius 3 is 2.33 bits per heavy atom. The van der Waals surface area contributed by atoms with Crippen LogP contribution in [0.2, 0.25) is 0 Å². The van der Waals surface area contributed by atoms with Gasteiger partial charge in [0.1, 0.15) is 12.7 Å². The Bertz CT molecular complexity index is 524. The highest BCUT2D eigenvalue weighted by atomic mass is 16.6. The van der Waals surface area contributed by atoms with Crippen LogP contribution in [0, 0.1) is 0 Å². The van der Waals surface area contributed by atoms with Gasteiger partial charge < -0.3 is 14.6 Å². The molecule has 1 aliphatic rings. The van der Waals surface area contributed by atoms with Crippen molar-refractivity contribution in [1.29, 1.82) is 0 Å². The predicted octanol–water partition coefficient (Wildman–Crippen LogP) is 2.56. The Hall–Kier alpha value is -2.00. The SMILES string of the molecule is O[C@H]1COc2ccccc2O[C@@H]1c1ccccc1. The van der Waals surface area contributed by atoms with Gasteiger partial charge in [0.25, 0.3) is 0 Å². The molecule has 3 rings (SSSR count). The van der Waals surface area contributed by atoms with Crippen LogP contribution < -0.4 is 9.47 Å². The Kier molecular flexibility index (Phi) is 2.90. The molecule has 0 aromatic heterocycles. The first-order chi connectivity index (χ1) is 8.84. The molecule has 92 valence electrons. The number of hydrogen-bond acceptors (Lipinski definition) is 3. The van der Waals surface area contributed by atoms with Gasteiger partial charge in [0.05, 0.1) is 0 Å². The third-order valence-corrected chi connectivity index (χ3v) is 2.99. The van der Waals surface area contributed by atoms with Crippen LogP contribution in [0.25, 0.3) is 0 Å². The third kappa shape index (κ3) is 2.05. The van der Waals surface area contributed by atoms with Crippen LogP contribution >= 0.6 is 0 Å². The monoisotopic (exact) mass is 242 g/mol. The molecule has 0 fully saturated rings. The predicted molar refractivity (Wildman–Crippen MR) is 67.8 cm³/mol. The summed E-state index contributed by atoms with van der Waals surface area (Å²) < 4.78 is 11.4. The van der Waals surface area contributed by atoms with E-state index >= 15 is 0 Å². The van der Waals surface area contributed by atoms with Crippen molar-refractivity contribution in [3.63, 3.8) is 0 Å². The van der Waals surface area contributed by atoms with Gasteiger partial charge >= 0.3 is 0 Å². The maximum Gasteiger partial charge on any atom is 0.162 e. The molecule has 0 saturated heterocycles. The number of fused-ring (bicyclic) bond motifs is 1. The highest BCUT2D eigenvalue weighted by Gasteiger charge is 2.28. The molecule has 0 radical (unpaired) electrons. The summed E-state index contributed by atoms with van der Waals surface area (Å²) in [5.41, 5.74) is 0.949. The van der Waals surface area contributed by atoms with Crippen LogP contribution in [0.1, 0.15) is 11.7 Å². The number of aliphatic hydroxyl groups excluding tert-OH is 1. The van der Waals surface area contributed by atoms with Crippen LogP contribution in [0.4, 0.5) is 0 Å². The molecule has 18 heavy (non-hydrogen) atoms. The number of aliphatic hydroxyl groups is 1. The van der Waals surface area contributed by atoms with Crippen LogP contribution in [0.15, 0.2) is 54.6 Å². The van der Waals surface area contributed by atoms with Crippen molar-refractivity contribution in [2.24, 2.45) is 0 Å². The van der Waals surface area contributed by atoms with E-state index in [1.54, 1.807) is 0 Å². The van der Waals surface area contributed by atoms with Crippen molar-refractivity contribution in [2.75, 3.05) is 6.61 Å². The summed E-state index contributed by atoms with van der Waals surface area (Å²) in [5, 5.41) is 10.1. The smallest absolute Gasteiger partial charge is 0.162 e. The molecule has 0 aliphatic carbocycles. The molecule has 3 nitrogen and oxygen atoms in total. The van der Waals surface area contributed by atoms with Gasteiger partial charge in [-0.05, 0) is 17.7 Å². The number of ether oxygens (including phenoxy) is 2. The highest BCUT2D eigenvalue weighted by molar-refractivity contribution is 5.41. The summed E-state index contributed by atoms with van der Waals surface area (Å²) in [6.45, 7) is 0.233. The fraction of sp³-hybridized carbons (Fsp3) is 0.200. The fourth-order valence-corrected chi connectivity index (χ4v) is 2.08. The second-order valence-corrected chi connectivity index (χ2v) is 4.27. The van der Waals surface area contributed by atoms with Gasteiger partial charge in [-0.1, -0.05) is 42.5 Å². The Morgan fingerprint density at radius 1 is 0.889 bits per heavy atom. The lowest BCUT2D eigenvalue weighted by molar-refractivity contribution is 0.0214. The van der Waals surface area contributed by atoms with Gasteiger partial charge in [-0.15, -0.1) is 0 Å². The van der Waals surface area contributed by atoms with Gasteiger partial charge in [-0.25, -0.2) is 0 Å². The minimum atomic E-state index is -0.681. The Labute approximate surface area is 106 Å². The third-order valence-electron chi connectivity index (χ3n) is 2.99. The van der Waals surface area contributed by atoms with E-state index in [9.17, 15) is 5.11 Å². The first-order valence-electron chi connectivity index (χ1n) is 5.96. The average Bonchev–Trinajstić information content (AvgIpc) is 2.60. The standard InChI is InChI=1S/C15H14O3/c16-12-10-17-13-8-4-5-9-14(13)18-15(12)11-6-2-1-3-7-11/h1-9,12,15-16H,10H2/t12-,15+/m0/s1. The van der Waals surface area contributed by atoms with E-state index in [1.807, 2.05) is 54.6 Å². The summed E-state index contributed by atoms with van der Waals surface area (Å²) in [6.07, 6.45) is -1.07. The zero-order valence-corrected chi connectivity index (χ0v) is 9.82. The molecule has 1 aliphatic heterocycles. The zero-order chi connectivity index (χ0) is 12.4. The lowest BCUT2D eigenvalue weighted by Crippen LogP contribution is -2.27. The van der Waals surface area contributed by atoms with E-state index in [1.165, 1.54) is 0 Å². The van der Waals surface area contributed by atoms with E-state index in [0.29, 0.717) is 11.5 Å². The molecule has 3 heteroatoms. The minimum absolute atomic E-state index is 0.233. The number of para-hydroxylation sites is 2. The molecule has 0 unspecified atom stereocenters. The van der Waals surface area contributed by atoms with Crippen LogP contribution in [0.3, 0.4) is 0 Å². The Morgan fingerprint density at radius 2 is 1.56 bits per heavy atom. The topological polar surface area (TPSA) is 38.7 Å². The Balaban J connectivity index is 1.96. The molecular weight excluding hydrogens is 228 g/mol. The normalized spacial score (nSPS) is 22.3. The van der Waals surface area contributed by atoms with Crippen LogP contribution in [-0.4, -0.2) is 17.8 Å². The molecule has 0 bridgehead atoms. The lowest BCUT2D eigenvalue weighted by atomic mass is 10.1. The van der Waals surface area contributed by atoms with E-state index < -0.39 is 12.2 Å². The van der Waals surface area contributed by atoms with Crippen molar-refractivity contribution >= 4 is 0 Å². The van der Waals surface area contributed by atoms with Crippen molar-refractivity contribution < 1.29 is 14.6 Å². The van der Waals surface area contributed by atoms with Gasteiger partial charge in [0.15, 0.2) is 17.6 Å². The van der Waals surface area contributed by atoms with Gasteiger partial charge in [0, 0.05) is 0 Å². The summed E-state index contributed by atoms with van der Waals surface area (Å²) >= 11 is 0. The molecule has 0 amide bonds. The van der Waals surface area contributed by atoms with Gasteiger partial charge in [-0.2, -0.15) is 0 Å². The number of benzene rings is 2. The maximum atomic E-state index is 10.1. The fourth-order valence-electron chi connectivity index (χ4n) is 2.08. The van der Waals surface area contributed by atoms with Crippen LogP contribution in [0.5, 0.6) is 11.5 Å². The van der Waals surface area contributed by atoms with E-state index in [4.69, 9.17) is 9.47 Å². The number of rotatable bonds is 1. The van der Waals surface area contributed by atoms with Crippen LogP contribution in [-0.2, 0) is 0 Å².